The Morgan fingerprint density at radius 3 is 2.52 bits per heavy atom. The van der Waals surface area contributed by atoms with Crippen LogP contribution in [0.3, 0.4) is 0 Å². The van der Waals surface area contributed by atoms with Crippen LogP contribution in [-0.4, -0.2) is 66.9 Å². The summed E-state index contributed by atoms with van der Waals surface area (Å²) in [6.45, 7) is 5.44. The van der Waals surface area contributed by atoms with E-state index in [2.05, 4.69) is 47.2 Å². The molecule has 3 rings (SSSR count). The van der Waals surface area contributed by atoms with E-state index in [1.807, 2.05) is 4.90 Å². The van der Waals surface area contributed by atoms with E-state index >= 15 is 0 Å². The standard InChI is InChI=1S/C17H25N3O/c1-18-11-12-19(14-17(21)20-9-5-6-10-20)13-16(18)15-7-3-2-4-8-15/h2-4,7-8,16H,5-6,9-14H2,1H3. The van der Waals surface area contributed by atoms with E-state index < -0.39 is 0 Å². The number of likely N-dealkylation sites (N-methyl/N-ethyl adjacent to an activating group) is 1. The number of carbonyl (C=O) groups excluding carboxylic acids is 1. The molecule has 2 heterocycles. The summed E-state index contributed by atoms with van der Waals surface area (Å²) >= 11 is 0. The number of benzene rings is 1. The van der Waals surface area contributed by atoms with Crippen LogP contribution in [0.15, 0.2) is 30.3 Å². The third-order valence-corrected chi connectivity index (χ3v) is 4.73. The van der Waals surface area contributed by atoms with E-state index in [1.165, 1.54) is 18.4 Å². The molecule has 1 amide bonds. The third-order valence-electron chi connectivity index (χ3n) is 4.73. The molecule has 2 aliphatic rings. The third kappa shape index (κ3) is 3.44. The van der Waals surface area contributed by atoms with Crippen molar-refractivity contribution in [1.82, 2.24) is 14.7 Å². The summed E-state index contributed by atoms with van der Waals surface area (Å²) in [4.78, 5) is 19.0. The van der Waals surface area contributed by atoms with Crippen molar-refractivity contribution in [3.05, 3.63) is 35.9 Å². The molecule has 1 aromatic rings. The van der Waals surface area contributed by atoms with Crippen LogP contribution in [0.2, 0.25) is 0 Å². The predicted octanol–water partition coefficient (Wildman–Crippen LogP) is 1.60. The van der Waals surface area contributed by atoms with E-state index in [4.69, 9.17) is 0 Å². The minimum atomic E-state index is 0.309. The quantitative estimate of drug-likeness (QED) is 0.845. The summed E-state index contributed by atoms with van der Waals surface area (Å²) in [6.07, 6.45) is 2.34. The maximum atomic E-state index is 12.3. The zero-order valence-electron chi connectivity index (χ0n) is 12.9. The van der Waals surface area contributed by atoms with Gasteiger partial charge in [0.05, 0.1) is 6.54 Å². The topological polar surface area (TPSA) is 26.8 Å². The predicted molar refractivity (Wildman–Crippen MR) is 84.1 cm³/mol. The molecule has 2 fully saturated rings. The minimum absolute atomic E-state index is 0.309. The van der Waals surface area contributed by atoms with Crippen LogP contribution in [-0.2, 0) is 4.79 Å². The van der Waals surface area contributed by atoms with Crippen molar-refractivity contribution in [3.8, 4) is 0 Å². The van der Waals surface area contributed by atoms with E-state index in [-0.39, 0.29) is 0 Å². The lowest BCUT2D eigenvalue weighted by Crippen LogP contribution is -2.50. The molecule has 0 bridgehead atoms. The first-order valence-electron chi connectivity index (χ1n) is 7.99. The fourth-order valence-corrected chi connectivity index (χ4v) is 3.37. The fourth-order valence-electron chi connectivity index (χ4n) is 3.37. The molecule has 4 nitrogen and oxygen atoms in total. The van der Waals surface area contributed by atoms with Crippen LogP contribution < -0.4 is 0 Å². The van der Waals surface area contributed by atoms with E-state index in [0.717, 1.165) is 32.7 Å². The van der Waals surface area contributed by atoms with Gasteiger partial charge < -0.3 is 4.90 Å². The van der Waals surface area contributed by atoms with Gasteiger partial charge in [-0.25, -0.2) is 0 Å². The van der Waals surface area contributed by atoms with Gasteiger partial charge in [0.2, 0.25) is 5.91 Å². The zero-order valence-corrected chi connectivity index (χ0v) is 12.9. The SMILES string of the molecule is CN1CCN(CC(=O)N2CCCC2)CC1c1ccccc1. The Morgan fingerprint density at radius 2 is 1.81 bits per heavy atom. The number of likely N-dealkylation sites (tertiary alicyclic amines) is 1. The molecule has 0 radical (unpaired) electrons. The molecular formula is C17H25N3O. The number of nitrogens with zero attached hydrogens (tertiary/aromatic N) is 3. The maximum absolute atomic E-state index is 12.3. The Labute approximate surface area is 127 Å². The minimum Gasteiger partial charge on any atom is -0.342 e. The molecule has 0 spiro atoms. The largest absolute Gasteiger partial charge is 0.342 e. The molecular weight excluding hydrogens is 262 g/mol. The Bertz CT molecular complexity index is 470. The number of amides is 1. The smallest absolute Gasteiger partial charge is 0.236 e. The summed E-state index contributed by atoms with van der Waals surface area (Å²) in [5.74, 6) is 0.309. The number of piperazine rings is 1. The lowest BCUT2D eigenvalue weighted by atomic mass is 10.0. The van der Waals surface area contributed by atoms with Gasteiger partial charge in [0.25, 0.3) is 0 Å². The highest BCUT2D eigenvalue weighted by atomic mass is 16.2. The molecule has 1 atom stereocenters. The van der Waals surface area contributed by atoms with Gasteiger partial charge in [0.1, 0.15) is 0 Å². The Kier molecular flexibility index (Phi) is 4.56. The van der Waals surface area contributed by atoms with Crippen LogP contribution >= 0.6 is 0 Å². The maximum Gasteiger partial charge on any atom is 0.236 e. The Morgan fingerprint density at radius 1 is 1.10 bits per heavy atom. The van der Waals surface area contributed by atoms with E-state index in [9.17, 15) is 4.79 Å². The molecule has 0 aromatic heterocycles. The number of rotatable bonds is 3. The van der Waals surface area contributed by atoms with Crippen LogP contribution in [0.5, 0.6) is 0 Å². The van der Waals surface area contributed by atoms with Gasteiger partial charge in [-0.2, -0.15) is 0 Å². The first-order chi connectivity index (χ1) is 10.2. The molecule has 4 heteroatoms. The van der Waals surface area contributed by atoms with Gasteiger partial charge in [-0.3, -0.25) is 14.6 Å². The van der Waals surface area contributed by atoms with Crippen molar-refractivity contribution >= 4 is 5.91 Å². The van der Waals surface area contributed by atoms with Gasteiger partial charge in [-0.1, -0.05) is 30.3 Å². The fraction of sp³-hybridized carbons (Fsp3) is 0.588. The van der Waals surface area contributed by atoms with Gasteiger partial charge >= 0.3 is 0 Å². The normalized spacial score (nSPS) is 24.4. The second-order valence-corrected chi connectivity index (χ2v) is 6.23. The van der Waals surface area contributed by atoms with E-state index in [0.29, 0.717) is 18.5 Å². The number of hydrogen-bond acceptors (Lipinski definition) is 3. The van der Waals surface area contributed by atoms with Crippen molar-refractivity contribution in [2.75, 3.05) is 46.3 Å². The average Bonchev–Trinajstić information content (AvgIpc) is 3.04. The van der Waals surface area contributed by atoms with Gasteiger partial charge in [-0.15, -0.1) is 0 Å². The highest BCUT2D eigenvalue weighted by Gasteiger charge is 2.28. The molecule has 2 saturated heterocycles. The van der Waals surface area contributed by atoms with E-state index in [1.54, 1.807) is 0 Å². The molecule has 21 heavy (non-hydrogen) atoms. The summed E-state index contributed by atoms with van der Waals surface area (Å²) < 4.78 is 0. The van der Waals surface area contributed by atoms with Crippen LogP contribution in [0.1, 0.15) is 24.4 Å². The monoisotopic (exact) mass is 287 g/mol. The van der Waals surface area contributed by atoms with Crippen molar-refractivity contribution in [1.29, 1.82) is 0 Å². The van der Waals surface area contributed by atoms with Gasteiger partial charge in [0.15, 0.2) is 0 Å². The molecule has 114 valence electrons. The average molecular weight is 287 g/mol. The van der Waals surface area contributed by atoms with Crippen molar-refractivity contribution in [2.24, 2.45) is 0 Å². The second-order valence-electron chi connectivity index (χ2n) is 6.23. The van der Waals surface area contributed by atoms with Crippen molar-refractivity contribution in [3.63, 3.8) is 0 Å². The lowest BCUT2D eigenvalue weighted by Gasteiger charge is -2.39. The van der Waals surface area contributed by atoms with Crippen LogP contribution in [0.4, 0.5) is 0 Å². The summed E-state index contributed by atoms with van der Waals surface area (Å²) in [5, 5.41) is 0. The highest BCUT2D eigenvalue weighted by molar-refractivity contribution is 5.78. The summed E-state index contributed by atoms with van der Waals surface area (Å²) in [5.41, 5.74) is 1.35. The molecule has 1 unspecified atom stereocenters. The van der Waals surface area contributed by atoms with Crippen LogP contribution in [0.25, 0.3) is 0 Å². The highest BCUT2D eigenvalue weighted by Crippen LogP contribution is 2.23. The van der Waals surface area contributed by atoms with Crippen molar-refractivity contribution < 1.29 is 4.79 Å². The molecule has 0 aliphatic carbocycles. The zero-order chi connectivity index (χ0) is 14.7. The summed E-state index contributed by atoms with van der Waals surface area (Å²) in [7, 11) is 2.18. The van der Waals surface area contributed by atoms with Crippen molar-refractivity contribution in [2.45, 2.75) is 18.9 Å². The molecule has 1 aromatic carbocycles. The summed E-state index contributed by atoms with van der Waals surface area (Å²) in [6, 6.07) is 11.0. The first-order valence-corrected chi connectivity index (χ1v) is 7.99. The Balaban J connectivity index is 1.61. The molecule has 2 aliphatic heterocycles. The second kappa shape index (κ2) is 6.58. The number of hydrogen-bond donors (Lipinski definition) is 0. The van der Waals surface area contributed by atoms with Gasteiger partial charge in [-0.05, 0) is 25.5 Å². The lowest BCUT2D eigenvalue weighted by molar-refractivity contribution is -0.132. The Hall–Kier alpha value is -1.39. The molecule has 0 saturated carbocycles. The number of carbonyl (C=O) groups is 1. The molecule has 0 N–H and O–H groups in total. The van der Waals surface area contributed by atoms with Crippen LogP contribution in [0, 0.1) is 0 Å². The first kappa shape index (κ1) is 14.5. The van der Waals surface area contributed by atoms with Gasteiger partial charge in [0, 0.05) is 38.8 Å².